The standard InChI is InChI=1S/C15H24N4O/c1-18(11-14-16-6-7-17-14)9-12-8-15(20)19(10-12)13-4-2-3-5-13/h6-7,12-13H,2-5,8-11H2,1H3,(H,16,17). The second-order valence-electron chi connectivity index (χ2n) is 6.29. The van der Waals surface area contributed by atoms with Gasteiger partial charge in [0.05, 0.1) is 6.54 Å². The first-order chi connectivity index (χ1) is 9.72. The van der Waals surface area contributed by atoms with Gasteiger partial charge in [-0.25, -0.2) is 4.98 Å². The van der Waals surface area contributed by atoms with Gasteiger partial charge in [-0.2, -0.15) is 0 Å². The van der Waals surface area contributed by atoms with Crippen LogP contribution in [-0.4, -0.2) is 51.9 Å². The normalized spacial score (nSPS) is 24.2. The highest BCUT2D eigenvalue weighted by Gasteiger charge is 2.35. The molecule has 1 aliphatic heterocycles. The van der Waals surface area contributed by atoms with Crippen molar-refractivity contribution in [3.63, 3.8) is 0 Å². The minimum atomic E-state index is 0.369. The molecule has 110 valence electrons. The fourth-order valence-electron chi connectivity index (χ4n) is 3.65. The van der Waals surface area contributed by atoms with Crippen LogP contribution < -0.4 is 0 Å². The van der Waals surface area contributed by atoms with Gasteiger partial charge in [0, 0.05) is 37.9 Å². The molecule has 20 heavy (non-hydrogen) atoms. The van der Waals surface area contributed by atoms with E-state index in [0.717, 1.165) is 31.9 Å². The third kappa shape index (κ3) is 3.03. The summed E-state index contributed by atoms with van der Waals surface area (Å²) in [6, 6.07) is 0.530. The molecule has 1 atom stereocenters. The quantitative estimate of drug-likeness (QED) is 0.889. The van der Waals surface area contributed by atoms with Crippen LogP contribution in [0.4, 0.5) is 0 Å². The van der Waals surface area contributed by atoms with Crippen molar-refractivity contribution in [1.29, 1.82) is 0 Å². The second kappa shape index (κ2) is 5.95. The van der Waals surface area contributed by atoms with Crippen molar-refractivity contribution in [1.82, 2.24) is 19.8 Å². The van der Waals surface area contributed by atoms with Crippen LogP contribution in [0.5, 0.6) is 0 Å². The Kier molecular flexibility index (Phi) is 4.05. The molecule has 2 aliphatic rings. The van der Waals surface area contributed by atoms with Crippen LogP contribution in [0, 0.1) is 5.92 Å². The Morgan fingerprint density at radius 3 is 2.95 bits per heavy atom. The van der Waals surface area contributed by atoms with Crippen molar-refractivity contribution >= 4 is 5.91 Å². The third-order valence-corrected chi connectivity index (χ3v) is 4.55. The molecule has 1 aromatic rings. The molecule has 5 heteroatoms. The van der Waals surface area contributed by atoms with E-state index >= 15 is 0 Å². The lowest BCUT2D eigenvalue weighted by molar-refractivity contribution is -0.129. The van der Waals surface area contributed by atoms with Crippen molar-refractivity contribution in [2.45, 2.75) is 44.7 Å². The van der Waals surface area contributed by atoms with Crippen LogP contribution in [0.15, 0.2) is 12.4 Å². The van der Waals surface area contributed by atoms with Gasteiger partial charge in [0.25, 0.3) is 0 Å². The highest BCUT2D eigenvalue weighted by atomic mass is 16.2. The van der Waals surface area contributed by atoms with Crippen molar-refractivity contribution in [3.8, 4) is 0 Å². The molecule has 1 unspecified atom stereocenters. The highest BCUT2D eigenvalue weighted by Crippen LogP contribution is 2.29. The van der Waals surface area contributed by atoms with E-state index in [1.165, 1.54) is 25.7 Å². The highest BCUT2D eigenvalue weighted by molar-refractivity contribution is 5.79. The molecule has 2 heterocycles. The summed E-state index contributed by atoms with van der Waals surface area (Å²) in [6.45, 7) is 2.74. The number of H-pyrrole nitrogens is 1. The Bertz CT molecular complexity index is 439. The zero-order chi connectivity index (χ0) is 13.9. The number of amides is 1. The molecule has 3 rings (SSSR count). The van der Waals surface area contributed by atoms with Crippen molar-refractivity contribution in [3.05, 3.63) is 18.2 Å². The van der Waals surface area contributed by atoms with Crippen LogP contribution in [0.3, 0.4) is 0 Å². The molecular formula is C15H24N4O. The van der Waals surface area contributed by atoms with E-state index in [0.29, 0.717) is 17.9 Å². The van der Waals surface area contributed by atoms with E-state index in [4.69, 9.17) is 0 Å². The number of hydrogen-bond acceptors (Lipinski definition) is 3. The molecule has 0 aromatic carbocycles. The third-order valence-electron chi connectivity index (χ3n) is 4.55. The second-order valence-corrected chi connectivity index (χ2v) is 6.29. The summed E-state index contributed by atoms with van der Waals surface area (Å²) >= 11 is 0. The number of carbonyl (C=O) groups excluding carboxylic acids is 1. The topological polar surface area (TPSA) is 52.2 Å². The molecule has 1 saturated heterocycles. The largest absolute Gasteiger partial charge is 0.348 e. The van der Waals surface area contributed by atoms with Gasteiger partial charge in [0.15, 0.2) is 0 Å². The van der Waals surface area contributed by atoms with Crippen LogP contribution in [0.2, 0.25) is 0 Å². The van der Waals surface area contributed by atoms with Gasteiger partial charge in [0.1, 0.15) is 5.82 Å². The maximum absolute atomic E-state index is 12.2. The molecule has 1 saturated carbocycles. The summed E-state index contributed by atoms with van der Waals surface area (Å²) in [4.78, 5) is 23.9. The number of aromatic amines is 1. The molecule has 5 nitrogen and oxygen atoms in total. The molecule has 1 aromatic heterocycles. The lowest BCUT2D eigenvalue weighted by atomic mass is 10.1. The maximum Gasteiger partial charge on any atom is 0.223 e. The summed E-state index contributed by atoms with van der Waals surface area (Å²) in [6.07, 6.45) is 9.35. The molecule has 1 amide bonds. The predicted molar refractivity (Wildman–Crippen MR) is 77.0 cm³/mol. The number of rotatable bonds is 5. The van der Waals surface area contributed by atoms with E-state index in [9.17, 15) is 4.79 Å². The fourth-order valence-corrected chi connectivity index (χ4v) is 3.65. The molecule has 0 spiro atoms. The number of imidazole rings is 1. The zero-order valence-electron chi connectivity index (χ0n) is 12.2. The van der Waals surface area contributed by atoms with Crippen molar-refractivity contribution in [2.24, 2.45) is 5.92 Å². The smallest absolute Gasteiger partial charge is 0.223 e. The molecule has 1 N–H and O–H groups in total. The number of nitrogens with one attached hydrogen (secondary N) is 1. The van der Waals surface area contributed by atoms with Gasteiger partial charge in [-0.1, -0.05) is 12.8 Å². The zero-order valence-corrected chi connectivity index (χ0v) is 12.2. The summed E-state index contributed by atoms with van der Waals surface area (Å²) < 4.78 is 0. The Labute approximate surface area is 120 Å². The van der Waals surface area contributed by atoms with Gasteiger partial charge in [-0.3, -0.25) is 9.69 Å². The molecule has 1 aliphatic carbocycles. The molecular weight excluding hydrogens is 252 g/mol. The van der Waals surface area contributed by atoms with E-state index in [1.807, 2.05) is 6.20 Å². The first-order valence-corrected chi connectivity index (χ1v) is 7.68. The average Bonchev–Trinajstić information content (AvgIpc) is 3.10. The average molecular weight is 276 g/mol. The number of aromatic nitrogens is 2. The van der Waals surface area contributed by atoms with Crippen LogP contribution in [-0.2, 0) is 11.3 Å². The van der Waals surface area contributed by atoms with Crippen LogP contribution >= 0.6 is 0 Å². The predicted octanol–water partition coefficient (Wildman–Crippen LogP) is 1.63. The van der Waals surface area contributed by atoms with E-state index < -0.39 is 0 Å². The monoisotopic (exact) mass is 276 g/mol. The van der Waals surface area contributed by atoms with Gasteiger partial charge < -0.3 is 9.88 Å². The van der Waals surface area contributed by atoms with Gasteiger partial charge >= 0.3 is 0 Å². The summed E-state index contributed by atoms with van der Waals surface area (Å²) in [5.74, 6) is 1.83. The van der Waals surface area contributed by atoms with E-state index in [-0.39, 0.29) is 0 Å². The number of carbonyl (C=O) groups is 1. The Hall–Kier alpha value is -1.36. The number of likely N-dealkylation sites (tertiary alicyclic amines) is 1. The Morgan fingerprint density at radius 1 is 1.45 bits per heavy atom. The van der Waals surface area contributed by atoms with Crippen molar-refractivity contribution in [2.75, 3.05) is 20.1 Å². The molecule has 0 bridgehead atoms. The first kappa shape index (κ1) is 13.6. The van der Waals surface area contributed by atoms with Crippen LogP contribution in [0.25, 0.3) is 0 Å². The number of hydrogen-bond donors (Lipinski definition) is 1. The Morgan fingerprint density at radius 2 is 2.25 bits per heavy atom. The van der Waals surface area contributed by atoms with Gasteiger partial charge in [-0.05, 0) is 25.8 Å². The minimum absolute atomic E-state index is 0.369. The van der Waals surface area contributed by atoms with Crippen LogP contribution in [0.1, 0.15) is 37.9 Å². The van der Waals surface area contributed by atoms with Crippen molar-refractivity contribution < 1.29 is 4.79 Å². The fraction of sp³-hybridized carbons (Fsp3) is 0.733. The first-order valence-electron chi connectivity index (χ1n) is 7.68. The SMILES string of the molecule is CN(Cc1ncc[nH]1)CC1CC(=O)N(C2CCCC2)C1. The lowest BCUT2D eigenvalue weighted by Crippen LogP contribution is -2.35. The van der Waals surface area contributed by atoms with E-state index in [1.54, 1.807) is 6.20 Å². The summed E-state index contributed by atoms with van der Waals surface area (Å²) in [7, 11) is 2.10. The summed E-state index contributed by atoms with van der Waals surface area (Å²) in [5, 5.41) is 0. The Balaban J connectivity index is 1.50. The maximum atomic E-state index is 12.2. The molecule has 0 radical (unpaired) electrons. The van der Waals surface area contributed by atoms with Gasteiger partial charge in [-0.15, -0.1) is 0 Å². The minimum Gasteiger partial charge on any atom is -0.348 e. The van der Waals surface area contributed by atoms with E-state index in [2.05, 4.69) is 26.8 Å². The summed E-state index contributed by atoms with van der Waals surface area (Å²) in [5.41, 5.74) is 0. The number of nitrogens with zero attached hydrogens (tertiary/aromatic N) is 3. The lowest BCUT2D eigenvalue weighted by Gasteiger charge is -2.25. The molecule has 2 fully saturated rings. The van der Waals surface area contributed by atoms with Gasteiger partial charge in [0.2, 0.25) is 5.91 Å².